The molecule has 3 amide bonds. The van der Waals surface area contributed by atoms with Gasteiger partial charge in [-0.2, -0.15) is 13.2 Å². The van der Waals surface area contributed by atoms with Gasteiger partial charge in [0.05, 0.1) is 11.7 Å². The predicted molar refractivity (Wildman–Crippen MR) is 116 cm³/mol. The number of rotatable bonds is 8. The molecule has 1 aliphatic rings. The van der Waals surface area contributed by atoms with Crippen LogP contribution < -0.4 is 10.6 Å². The minimum Gasteiger partial charge on any atom is -0.382 e. The Labute approximate surface area is 196 Å². The lowest BCUT2D eigenvalue weighted by Crippen LogP contribution is -2.59. The molecule has 4 atom stereocenters. The summed E-state index contributed by atoms with van der Waals surface area (Å²) in [6.07, 6.45) is -6.91. The Morgan fingerprint density at radius 2 is 1.74 bits per heavy atom. The fourth-order valence-corrected chi connectivity index (χ4v) is 4.09. The maximum Gasteiger partial charge on any atom is 0.416 e. The van der Waals surface area contributed by atoms with Gasteiger partial charge in [0.25, 0.3) is 5.91 Å². The van der Waals surface area contributed by atoms with Gasteiger partial charge in [0.2, 0.25) is 11.8 Å². The van der Waals surface area contributed by atoms with Crippen molar-refractivity contribution in [3.8, 4) is 0 Å². The third-order valence-corrected chi connectivity index (χ3v) is 6.02. The van der Waals surface area contributed by atoms with Crippen molar-refractivity contribution in [3.05, 3.63) is 17.0 Å². The first-order valence-electron chi connectivity index (χ1n) is 11.3. The van der Waals surface area contributed by atoms with Crippen molar-refractivity contribution in [2.24, 2.45) is 11.8 Å². The average Bonchev–Trinajstić information content (AvgIpc) is 3.34. The van der Waals surface area contributed by atoms with Gasteiger partial charge in [0.15, 0.2) is 6.10 Å². The Bertz CT molecular complexity index is 880. The van der Waals surface area contributed by atoms with Gasteiger partial charge in [-0.1, -0.05) is 32.9 Å². The van der Waals surface area contributed by atoms with E-state index in [4.69, 9.17) is 4.52 Å². The van der Waals surface area contributed by atoms with E-state index in [-0.39, 0.29) is 24.4 Å². The first kappa shape index (κ1) is 27.6. The molecule has 34 heavy (non-hydrogen) atoms. The second kappa shape index (κ2) is 10.7. The molecule has 0 aromatic carbocycles. The highest BCUT2D eigenvalue weighted by Gasteiger charge is 2.47. The summed E-state index contributed by atoms with van der Waals surface area (Å²) in [5, 5.41) is 18.4. The highest BCUT2D eigenvalue weighted by atomic mass is 19.4. The molecule has 9 nitrogen and oxygen atoms in total. The Kier molecular flexibility index (Phi) is 8.73. The van der Waals surface area contributed by atoms with Crippen LogP contribution in [-0.4, -0.2) is 69.8 Å². The second-order valence-corrected chi connectivity index (χ2v) is 9.35. The van der Waals surface area contributed by atoms with Crippen LogP contribution in [0.25, 0.3) is 0 Å². The molecule has 1 saturated heterocycles. The monoisotopic (exact) mass is 490 g/mol. The summed E-state index contributed by atoms with van der Waals surface area (Å²) in [6.45, 7) is 9.76. The molecule has 192 valence electrons. The zero-order chi connectivity index (χ0) is 26.0. The van der Waals surface area contributed by atoms with Crippen LogP contribution in [0.3, 0.4) is 0 Å². The average molecular weight is 491 g/mol. The maximum atomic E-state index is 13.4. The SMILES string of the molecule is Cc1noc(C)c1C(=O)N[C@H](C(=O)N1CCC[C@H]1C(=O)N[C@@H](C(C)C)[C@H](O)C(F)(F)F)C(C)C. The third kappa shape index (κ3) is 6.08. The third-order valence-electron chi connectivity index (χ3n) is 6.02. The quantitative estimate of drug-likeness (QED) is 0.513. The molecule has 1 aliphatic heterocycles. The molecule has 12 heteroatoms. The standard InChI is InChI=1S/C22H33F3N4O5/c1-10(2)16(18(30)22(23,24)25)26-19(31)14-8-7-9-29(14)21(33)17(11(3)4)27-20(32)15-12(5)28-34-13(15)6/h10-11,14,16-18,30H,7-9H2,1-6H3,(H,26,31)(H,27,32)/t14-,16-,17-,18-/m0/s1. The number of hydrogen-bond acceptors (Lipinski definition) is 6. The molecular formula is C22H33F3N4O5. The molecule has 0 radical (unpaired) electrons. The van der Waals surface area contributed by atoms with E-state index in [1.54, 1.807) is 27.7 Å². The lowest BCUT2D eigenvalue weighted by molar-refractivity contribution is -0.215. The molecule has 0 spiro atoms. The van der Waals surface area contributed by atoms with Crippen LogP contribution in [0.5, 0.6) is 0 Å². The molecule has 0 saturated carbocycles. The van der Waals surface area contributed by atoms with Crippen LogP contribution in [0.1, 0.15) is 62.3 Å². The van der Waals surface area contributed by atoms with Gasteiger partial charge in [-0.05, 0) is 38.5 Å². The van der Waals surface area contributed by atoms with E-state index >= 15 is 0 Å². The minimum atomic E-state index is -4.90. The van der Waals surface area contributed by atoms with E-state index < -0.39 is 54.0 Å². The fourth-order valence-electron chi connectivity index (χ4n) is 4.09. The molecule has 2 rings (SSSR count). The first-order chi connectivity index (χ1) is 15.7. The Morgan fingerprint density at radius 1 is 1.12 bits per heavy atom. The van der Waals surface area contributed by atoms with E-state index in [0.717, 1.165) is 0 Å². The number of nitrogens with one attached hydrogen (secondary N) is 2. The number of likely N-dealkylation sites (tertiary alicyclic amines) is 1. The van der Waals surface area contributed by atoms with Gasteiger partial charge in [0, 0.05) is 6.54 Å². The number of aliphatic hydroxyl groups is 1. The van der Waals surface area contributed by atoms with Crippen molar-refractivity contribution in [2.75, 3.05) is 6.54 Å². The fraction of sp³-hybridized carbons (Fsp3) is 0.727. The van der Waals surface area contributed by atoms with Crippen molar-refractivity contribution in [1.29, 1.82) is 0 Å². The van der Waals surface area contributed by atoms with Crippen LogP contribution in [0, 0.1) is 25.7 Å². The highest BCUT2D eigenvalue weighted by molar-refractivity contribution is 5.99. The number of aromatic nitrogens is 1. The lowest BCUT2D eigenvalue weighted by Gasteiger charge is -2.33. The summed E-state index contributed by atoms with van der Waals surface area (Å²) in [5.74, 6) is -2.57. The molecular weight excluding hydrogens is 457 g/mol. The van der Waals surface area contributed by atoms with Gasteiger partial charge < -0.3 is 25.2 Å². The summed E-state index contributed by atoms with van der Waals surface area (Å²) in [5.41, 5.74) is 0.585. The zero-order valence-electron chi connectivity index (χ0n) is 20.2. The maximum absolute atomic E-state index is 13.4. The topological polar surface area (TPSA) is 125 Å². The summed E-state index contributed by atoms with van der Waals surface area (Å²) >= 11 is 0. The Hall–Kier alpha value is -2.63. The highest BCUT2D eigenvalue weighted by Crippen LogP contribution is 2.27. The summed E-state index contributed by atoms with van der Waals surface area (Å²) in [7, 11) is 0. The molecule has 1 aromatic heterocycles. The van der Waals surface area contributed by atoms with Crippen LogP contribution in [0.2, 0.25) is 0 Å². The van der Waals surface area contributed by atoms with Gasteiger partial charge in [-0.3, -0.25) is 14.4 Å². The van der Waals surface area contributed by atoms with Crippen LogP contribution in [0.15, 0.2) is 4.52 Å². The molecule has 1 aromatic rings. The van der Waals surface area contributed by atoms with Crippen LogP contribution in [-0.2, 0) is 9.59 Å². The van der Waals surface area contributed by atoms with Crippen molar-refractivity contribution < 1.29 is 37.2 Å². The summed E-state index contributed by atoms with van der Waals surface area (Å²) in [4.78, 5) is 40.3. The minimum absolute atomic E-state index is 0.218. The Balaban J connectivity index is 2.19. The van der Waals surface area contributed by atoms with Crippen molar-refractivity contribution in [3.63, 3.8) is 0 Å². The number of nitrogens with zero attached hydrogens (tertiary/aromatic N) is 2. The van der Waals surface area contributed by atoms with E-state index in [2.05, 4.69) is 15.8 Å². The number of aliphatic hydroxyl groups excluding tert-OH is 1. The van der Waals surface area contributed by atoms with Crippen LogP contribution in [0.4, 0.5) is 13.2 Å². The van der Waals surface area contributed by atoms with Crippen molar-refractivity contribution >= 4 is 17.7 Å². The Morgan fingerprint density at radius 3 is 2.21 bits per heavy atom. The van der Waals surface area contributed by atoms with Gasteiger partial charge in [-0.15, -0.1) is 0 Å². The number of alkyl halides is 3. The van der Waals surface area contributed by atoms with Crippen molar-refractivity contribution in [1.82, 2.24) is 20.7 Å². The second-order valence-electron chi connectivity index (χ2n) is 9.35. The summed E-state index contributed by atoms with van der Waals surface area (Å²) < 4.78 is 44.2. The largest absolute Gasteiger partial charge is 0.416 e. The lowest BCUT2D eigenvalue weighted by atomic mass is 9.97. The van der Waals surface area contributed by atoms with Crippen LogP contribution >= 0.6 is 0 Å². The van der Waals surface area contributed by atoms with E-state index in [9.17, 15) is 32.7 Å². The van der Waals surface area contributed by atoms with Crippen molar-refractivity contribution in [2.45, 2.75) is 84.8 Å². The predicted octanol–water partition coefficient (Wildman–Crippen LogP) is 2.10. The number of halogens is 3. The smallest absolute Gasteiger partial charge is 0.382 e. The normalized spacial score (nSPS) is 19.3. The van der Waals surface area contributed by atoms with Gasteiger partial charge in [0.1, 0.15) is 23.4 Å². The molecule has 0 bridgehead atoms. The molecule has 0 aliphatic carbocycles. The number of carbonyl (C=O) groups excluding carboxylic acids is 3. The van der Waals surface area contributed by atoms with E-state index in [0.29, 0.717) is 17.9 Å². The number of aryl methyl sites for hydroxylation is 2. The zero-order valence-corrected chi connectivity index (χ0v) is 20.2. The van der Waals surface area contributed by atoms with Gasteiger partial charge in [-0.25, -0.2) is 0 Å². The molecule has 1 fully saturated rings. The number of amides is 3. The number of carbonyl (C=O) groups is 3. The van der Waals surface area contributed by atoms with E-state index in [1.165, 1.54) is 18.7 Å². The first-order valence-corrected chi connectivity index (χ1v) is 11.3. The molecule has 3 N–H and O–H groups in total. The number of hydrogen-bond donors (Lipinski definition) is 3. The molecule has 2 heterocycles. The van der Waals surface area contributed by atoms with E-state index in [1.807, 2.05) is 0 Å². The molecule has 0 unspecified atom stereocenters. The summed E-state index contributed by atoms with van der Waals surface area (Å²) in [6, 6.07) is -3.55. The van der Waals surface area contributed by atoms with Gasteiger partial charge >= 0.3 is 6.18 Å².